The van der Waals surface area contributed by atoms with Gasteiger partial charge in [0.1, 0.15) is 0 Å². The standard InChI is InChI=1S/C18H35N3OS/c1-4-23(22)17-10-6-9-16(12-17)21-18(19-3)20-13-15-8-5-7-14(2)11-15/h14-17H,4-13H2,1-3H3,(H2,19,20,21). The van der Waals surface area contributed by atoms with Crippen LogP contribution in [-0.2, 0) is 10.8 Å². The van der Waals surface area contributed by atoms with E-state index in [0.29, 0.717) is 11.3 Å². The minimum Gasteiger partial charge on any atom is -0.356 e. The molecule has 2 fully saturated rings. The Morgan fingerprint density at radius 3 is 2.65 bits per heavy atom. The Morgan fingerprint density at radius 1 is 1.17 bits per heavy atom. The largest absolute Gasteiger partial charge is 0.356 e. The predicted molar refractivity (Wildman–Crippen MR) is 100 cm³/mol. The van der Waals surface area contributed by atoms with Crippen LogP contribution in [0.5, 0.6) is 0 Å². The summed E-state index contributed by atoms with van der Waals surface area (Å²) in [5.74, 6) is 3.36. The first-order valence-corrected chi connectivity index (χ1v) is 10.8. The SMILES string of the molecule is CCS(=O)C1CCCC(NC(=NC)NCC2CCCC(C)C2)C1. The van der Waals surface area contributed by atoms with Gasteiger partial charge in [-0.25, -0.2) is 0 Å². The topological polar surface area (TPSA) is 53.5 Å². The van der Waals surface area contributed by atoms with Crippen LogP contribution in [-0.4, -0.2) is 40.8 Å². The van der Waals surface area contributed by atoms with E-state index in [1.807, 2.05) is 14.0 Å². The van der Waals surface area contributed by atoms with E-state index in [9.17, 15) is 4.21 Å². The number of guanidine groups is 1. The second kappa shape index (κ2) is 9.65. The van der Waals surface area contributed by atoms with Gasteiger partial charge in [-0.3, -0.25) is 9.20 Å². The van der Waals surface area contributed by atoms with Crippen LogP contribution < -0.4 is 10.6 Å². The Bertz CT molecular complexity index is 413. The summed E-state index contributed by atoms with van der Waals surface area (Å²) in [5.41, 5.74) is 0. The lowest BCUT2D eigenvalue weighted by Crippen LogP contribution is -2.47. The Morgan fingerprint density at radius 2 is 1.96 bits per heavy atom. The summed E-state index contributed by atoms with van der Waals surface area (Å²) in [6.45, 7) is 5.43. The molecule has 23 heavy (non-hydrogen) atoms. The molecule has 0 heterocycles. The molecule has 0 spiro atoms. The summed E-state index contributed by atoms with van der Waals surface area (Å²) in [7, 11) is 1.19. The molecule has 2 aliphatic carbocycles. The first-order chi connectivity index (χ1) is 11.1. The van der Waals surface area contributed by atoms with Crippen LogP contribution in [0.3, 0.4) is 0 Å². The second-order valence-electron chi connectivity index (χ2n) is 7.39. The zero-order valence-corrected chi connectivity index (χ0v) is 16.0. The van der Waals surface area contributed by atoms with Crippen LogP contribution in [0.25, 0.3) is 0 Å². The van der Waals surface area contributed by atoms with Crippen molar-refractivity contribution in [3.05, 3.63) is 0 Å². The smallest absolute Gasteiger partial charge is 0.191 e. The number of nitrogens with one attached hydrogen (secondary N) is 2. The first kappa shape index (κ1) is 18.8. The summed E-state index contributed by atoms with van der Waals surface area (Å²) in [6, 6.07) is 0.417. The van der Waals surface area contributed by atoms with Crippen molar-refractivity contribution < 1.29 is 4.21 Å². The normalized spacial score (nSPS) is 34.0. The van der Waals surface area contributed by atoms with Crippen molar-refractivity contribution in [2.45, 2.75) is 76.5 Å². The maximum Gasteiger partial charge on any atom is 0.191 e. The lowest BCUT2D eigenvalue weighted by molar-refractivity contribution is 0.281. The molecule has 2 N–H and O–H groups in total. The molecule has 0 aromatic rings. The van der Waals surface area contributed by atoms with E-state index in [1.54, 1.807) is 0 Å². The third-order valence-electron chi connectivity index (χ3n) is 5.45. The van der Waals surface area contributed by atoms with Gasteiger partial charge in [0.15, 0.2) is 5.96 Å². The van der Waals surface area contributed by atoms with Crippen molar-refractivity contribution in [3.8, 4) is 0 Å². The summed E-state index contributed by atoms with van der Waals surface area (Å²) < 4.78 is 12.1. The number of hydrogen-bond acceptors (Lipinski definition) is 2. The Hall–Kier alpha value is -0.580. The van der Waals surface area contributed by atoms with E-state index in [2.05, 4.69) is 22.5 Å². The van der Waals surface area contributed by atoms with Gasteiger partial charge in [-0.2, -0.15) is 0 Å². The predicted octanol–water partition coefficient (Wildman–Crippen LogP) is 3.06. The van der Waals surface area contributed by atoms with Crippen molar-refractivity contribution in [1.82, 2.24) is 10.6 Å². The third-order valence-corrected chi connectivity index (χ3v) is 7.19. The lowest BCUT2D eigenvalue weighted by atomic mass is 9.82. The van der Waals surface area contributed by atoms with Gasteiger partial charge in [0, 0.05) is 41.4 Å². The lowest BCUT2D eigenvalue weighted by Gasteiger charge is -2.31. The average molecular weight is 342 g/mol. The Kier molecular flexibility index (Phi) is 7.87. The zero-order valence-electron chi connectivity index (χ0n) is 15.1. The average Bonchev–Trinajstić information content (AvgIpc) is 2.58. The van der Waals surface area contributed by atoms with Gasteiger partial charge in [-0.05, 0) is 43.9 Å². The maximum atomic E-state index is 12.1. The number of hydrogen-bond donors (Lipinski definition) is 2. The fourth-order valence-electron chi connectivity index (χ4n) is 4.12. The van der Waals surface area contributed by atoms with Crippen LogP contribution in [0.1, 0.15) is 65.2 Å². The molecule has 0 aliphatic heterocycles. The highest BCUT2D eigenvalue weighted by Crippen LogP contribution is 2.28. The van der Waals surface area contributed by atoms with Gasteiger partial charge in [0.05, 0.1) is 0 Å². The highest BCUT2D eigenvalue weighted by Gasteiger charge is 2.26. The van der Waals surface area contributed by atoms with Crippen molar-refractivity contribution in [2.24, 2.45) is 16.8 Å². The minimum absolute atomic E-state index is 0.364. The summed E-state index contributed by atoms with van der Waals surface area (Å²) in [6.07, 6.45) is 9.91. The fraction of sp³-hybridized carbons (Fsp3) is 0.944. The van der Waals surface area contributed by atoms with Crippen LogP contribution in [0.2, 0.25) is 0 Å². The van der Waals surface area contributed by atoms with Crippen molar-refractivity contribution in [3.63, 3.8) is 0 Å². The molecule has 134 valence electrons. The highest BCUT2D eigenvalue weighted by molar-refractivity contribution is 7.85. The van der Waals surface area contributed by atoms with Crippen LogP contribution in [0.4, 0.5) is 0 Å². The number of nitrogens with zero attached hydrogens (tertiary/aromatic N) is 1. The summed E-state index contributed by atoms with van der Waals surface area (Å²) >= 11 is 0. The summed E-state index contributed by atoms with van der Waals surface area (Å²) in [5, 5.41) is 7.46. The highest BCUT2D eigenvalue weighted by atomic mass is 32.2. The molecule has 0 bridgehead atoms. The van der Waals surface area contributed by atoms with E-state index in [4.69, 9.17) is 0 Å². The monoisotopic (exact) mass is 341 g/mol. The molecule has 0 radical (unpaired) electrons. The van der Waals surface area contributed by atoms with Gasteiger partial charge in [-0.1, -0.05) is 33.1 Å². The molecular formula is C18H35N3OS. The Balaban J connectivity index is 1.76. The van der Waals surface area contributed by atoms with E-state index in [0.717, 1.165) is 42.9 Å². The molecule has 0 aromatic carbocycles. The van der Waals surface area contributed by atoms with Crippen LogP contribution in [0.15, 0.2) is 4.99 Å². The van der Waals surface area contributed by atoms with Crippen molar-refractivity contribution in [1.29, 1.82) is 0 Å². The molecule has 5 heteroatoms. The van der Waals surface area contributed by atoms with Crippen molar-refractivity contribution >= 4 is 16.8 Å². The molecule has 2 saturated carbocycles. The Labute approximate surface area is 144 Å². The molecule has 2 rings (SSSR count). The third kappa shape index (κ3) is 6.09. The fourth-order valence-corrected chi connectivity index (χ4v) is 5.47. The second-order valence-corrected chi connectivity index (χ2v) is 9.40. The molecule has 5 atom stereocenters. The minimum atomic E-state index is -0.663. The molecule has 0 amide bonds. The molecule has 4 nitrogen and oxygen atoms in total. The maximum absolute atomic E-state index is 12.1. The summed E-state index contributed by atoms with van der Waals surface area (Å²) in [4.78, 5) is 4.39. The van der Waals surface area contributed by atoms with Gasteiger partial charge < -0.3 is 10.6 Å². The van der Waals surface area contributed by atoms with E-state index < -0.39 is 10.8 Å². The van der Waals surface area contributed by atoms with Gasteiger partial charge in [0.2, 0.25) is 0 Å². The molecule has 0 saturated heterocycles. The molecule has 5 unspecified atom stereocenters. The van der Waals surface area contributed by atoms with Gasteiger partial charge in [-0.15, -0.1) is 0 Å². The van der Waals surface area contributed by atoms with E-state index in [1.165, 1.54) is 38.5 Å². The van der Waals surface area contributed by atoms with Gasteiger partial charge in [0.25, 0.3) is 0 Å². The van der Waals surface area contributed by atoms with E-state index in [-0.39, 0.29) is 0 Å². The van der Waals surface area contributed by atoms with E-state index >= 15 is 0 Å². The number of aliphatic imine (C=N–C) groups is 1. The first-order valence-electron chi connectivity index (χ1n) is 9.46. The van der Waals surface area contributed by atoms with Crippen LogP contribution in [0, 0.1) is 11.8 Å². The van der Waals surface area contributed by atoms with Crippen molar-refractivity contribution in [2.75, 3.05) is 19.3 Å². The van der Waals surface area contributed by atoms with Crippen LogP contribution >= 0.6 is 0 Å². The molecule has 2 aliphatic rings. The quantitative estimate of drug-likeness (QED) is 0.597. The van der Waals surface area contributed by atoms with Gasteiger partial charge >= 0.3 is 0 Å². The number of rotatable bonds is 5. The molecule has 0 aromatic heterocycles. The molecular weight excluding hydrogens is 306 g/mol. The zero-order chi connectivity index (χ0) is 16.7.